The van der Waals surface area contributed by atoms with Crippen LogP contribution in [0.25, 0.3) is 5.78 Å². The van der Waals surface area contributed by atoms with Crippen LogP contribution in [0.1, 0.15) is 38.1 Å². The summed E-state index contributed by atoms with van der Waals surface area (Å²) in [5.41, 5.74) is 3.07. The van der Waals surface area contributed by atoms with Gasteiger partial charge in [-0.25, -0.2) is 14.3 Å². The molecule has 26 heavy (non-hydrogen) atoms. The molecule has 0 saturated carbocycles. The standard InChI is InChI=1S/C18H19N5O3/c1-5-8-22-12(3)9-14(13(22)4)15(24)10-26-17(25)16-20-18-19-7-6-11(2)23(18)21-16/h5-7,9H,1,8,10H2,2-4H3. The van der Waals surface area contributed by atoms with Gasteiger partial charge in [-0.05, 0) is 32.9 Å². The van der Waals surface area contributed by atoms with E-state index >= 15 is 0 Å². The maximum Gasteiger partial charge on any atom is 0.378 e. The van der Waals surface area contributed by atoms with Gasteiger partial charge in [-0.2, -0.15) is 4.98 Å². The lowest BCUT2D eigenvalue weighted by Crippen LogP contribution is -2.16. The largest absolute Gasteiger partial charge is 0.451 e. The van der Waals surface area contributed by atoms with Gasteiger partial charge < -0.3 is 9.30 Å². The highest BCUT2D eigenvalue weighted by Crippen LogP contribution is 2.16. The van der Waals surface area contributed by atoms with Gasteiger partial charge in [-0.15, -0.1) is 11.7 Å². The van der Waals surface area contributed by atoms with E-state index in [1.807, 2.05) is 25.3 Å². The summed E-state index contributed by atoms with van der Waals surface area (Å²) in [7, 11) is 0. The number of fused-ring (bicyclic) bond motifs is 1. The molecule has 3 aromatic heterocycles. The van der Waals surface area contributed by atoms with E-state index in [9.17, 15) is 9.59 Å². The smallest absolute Gasteiger partial charge is 0.378 e. The van der Waals surface area contributed by atoms with Gasteiger partial charge in [0.1, 0.15) is 0 Å². The molecule has 0 radical (unpaired) electrons. The highest BCUT2D eigenvalue weighted by Gasteiger charge is 2.20. The third-order valence-corrected chi connectivity index (χ3v) is 4.13. The van der Waals surface area contributed by atoms with Crippen molar-refractivity contribution in [1.29, 1.82) is 0 Å². The van der Waals surface area contributed by atoms with Crippen molar-refractivity contribution < 1.29 is 14.3 Å². The van der Waals surface area contributed by atoms with Gasteiger partial charge in [0.05, 0.1) is 0 Å². The molecule has 0 fully saturated rings. The average Bonchev–Trinajstić information content (AvgIpc) is 3.17. The summed E-state index contributed by atoms with van der Waals surface area (Å²) < 4.78 is 8.51. The van der Waals surface area contributed by atoms with E-state index < -0.39 is 5.97 Å². The molecule has 8 nitrogen and oxygen atoms in total. The van der Waals surface area contributed by atoms with Crippen LogP contribution in [-0.2, 0) is 11.3 Å². The zero-order valence-corrected chi connectivity index (χ0v) is 14.9. The average molecular weight is 353 g/mol. The molecule has 3 aromatic rings. The highest BCUT2D eigenvalue weighted by molar-refractivity contribution is 6.00. The lowest BCUT2D eigenvalue weighted by atomic mass is 10.1. The Kier molecular flexibility index (Phi) is 4.66. The minimum Gasteiger partial charge on any atom is -0.451 e. The Balaban J connectivity index is 1.72. The molecule has 0 N–H and O–H groups in total. The molecule has 0 unspecified atom stereocenters. The first-order valence-electron chi connectivity index (χ1n) is 8.08. The number of aryl methyl sites for hydroxylation is 2. The fourth-order valence-electron chi connectivity index (χ4n) is 2.76. The molecule has 0 atom stereocenters. The number of allylic oxidation sites excluding steroid dienone is 1. The van der Waals surface area contributed by atoms with Crippen molar-refractivity contribution in [2.24, 2.45) is 0 Å². The molecule has 0 saturated heterocycles. The van der Waals surface area contributed by atoms with Crippen molar-refractivity contribution >= 4 is 17.5 Å². The second-order valence-corrected chi connectivity index (χ2v) is 5.92. The lowest BCUT2D eigenvalue weighted by molar-refractivity contribution is 0.0462. The Bertz CT molecular complexity index is 1020. The SMILES string of the molecule is C=CCn1c(C)cc(C(=O)COC(=O)c2nc3nccc(C)n3n2)c1C. The van der Waals surface area contributed by atoms with Crippen LogP contribution in [0.2, 0.25) is 0 Å². The van der Waals surface area contributed by atoms with Crippen LogP contribution in [0.15, 0.2) is 31.0 Å². The van der Waals surface area contributed by atoms with Gasteiger partial charge >= 0.3 is 5.97 Å². The first-order valence-corrected chi connectivity index (χ1v) is 8.08. The molecule has 3 rings (SSSR count). The molecule has 0 bridgehead atoms. The topological polar surface area (TPSA) is 91.4 Å². The number of carbonyl (C=O) groups is 2. The highest BCUT2D eigenvalue weighted by atomic mass is 16.5. The van der Waals surface area contributed by atoms with E-state index in [0.717, 1.165) is 17.1 Å². The number of rotatable bonds is 6. The minimum absolute atomic E-state index is 0.128. The number of Topliss-reactive ketones (excluding diaryl/α,β-unsaturated/α-hetero) is 1. The third-order valence-electron chi connectivity index (χ3n) is 4.13. The van der Waals surface area contributed by atoms with Gasteiger partial charge in [0, 0.05) is 35.4 Å². The molecule has 0 aliphatic heterocycles. The van der Waals surface area contributed by atoms with E-state index in [2.05, 4.69) is 21.6 Å². The van der Waals surface area contributed by atoms with Crippen LogP contribution in [0.4, 0.5) is 0 Å². The summed E-state index contributed by atoms with van der Waals surface area (Å²) in [6.45, 7) is 9.53. The van der Waals surface area contributed by atoms with E-state index in [4.69, 9.17) is 4.74 Å². The number of hydrogen-bond donors (Lipinski definition) is 0. The Hall–Kier alpha value is -3.29. The molecule has 0 aliphatic carbocycles. The molecule has 3 heterocycles. The van der Waals surface area contributed by atoms with Crippen molar-refractivity contribution in [3.05, 3.63) is 59.5 Å². The second kappa shape index (κ2) is 6.91. The minimum atomic E-state index is -0.761. The van der Waals surface area contributed by atoms with Gasteiger partial charge in [0.2, 0.25) is 5.78 Å². The molecular weight excluding hydrogens is 334 g/mol. The number of esters is 1. The zero-order chi connectivity index (χ0) is 18.8. The van der Waals surface area contributed by atoms with E-state index in [1.54, 1.807) is 24.4 Å². The van der Waals surface area contributed by atoms with Crippen molar-refractivity contribution in [3.8, 4) is 0 Å². The zero-order valence-electron chi connectivity index (χ0n) is 14.9. The monoisotopic (exact) mass is 353 g/mol. The summed E-state index contributed by atoms with van der Waals surface area (Å²) in [5, 5.41) is 4.07. The third kappa shape index (κ3) is 3.13. The normalized spacial score (nSPS) is 10.9. The first kappa shape index (κ1) is 17.5. The van der Waals surface area contributed by atoms with E-state index in [0.29, 0.717) is 17.9 Å². The molecule has 134 valence electrons. The van der Waals surface area contributed by atoms with E-state index in [-0.39, 0.29) is 18.2 Å². The van der Waals surface area contributed by atoms with Crippen LogP contribution in [0.5, 0.6) is 0 Å². The number of nitrogens with zero attached hydrogens (tertiary/aromatic N) is 5. The summed E-state index contributed by atoms with van der Waals surface area (Å²) in [6.07, 6.45) is 3.34. The Morgan fingerprint density at radius 3 is 2.73 bits per heavy atom. The molecule has 8 heteroatoms. The van der Waals surface area contributed by atoms with Crippen LogP contribution in [-0.4, -0.2) is 42.5 Å². The number of aromatic nitrogens is 5. The van der Waals surface area contributed by atoms with Crippen molar-refractivity contribution in [2.45, 2.75) is 27.3 Å². The van der Waals surface area contributed by atoms with Gasteiger partial charge in [-0.3, -0.25) is 4.79 Å². The fraction of sp³-hybridized carbons (Fsp3) is 0.278. The Morgan fingerprint density at radius 2 is 2.04 bits per heavy atom. The Labute approximate surface area is 150 Å². The van der Waals surface area contributed by atoms with Gasteiger partial charge in [0.15, 0.2) is 6.61 Å². The van der Waals surface area contributed by atoms with Gasteiger partial charge in [-0.1, -0.05) is 6.08 Å². The molecule has 0 aliphatic rings. The molecule has 0 spiro atoms. The predicted molar refractivity (Wildman–Crippen MR) is 94.2 cm³/mol. The maximum atomic E-state index is 12.4. The van der Waals surface area contributed by atoms with Crippen molar-refractivity contribution in [2.75, 3.05) is 6.61 Å². The quantitative estimate of drug-likeness (QED) is 0.383. The van der Waals surface area contributed by atoms with Crippen LogP contribution >= 0.6 is 0 Å². The van der Waals surface area contributed by atoms with Crippen LogP contribution in [0.3, 0.4) is 0 Å². The number of ether oxygens (including phenoxy) is 1. The summed E-state index contributed by atoms with van der Waals surface area (Å²) in [4.78, 5) is 32.6. The first-order chi connectivity index (χ1) is 12.4. The van der Waals surface area contributed by atoms with Crippen molar-refractivity contribution in [1.82, 2.24) is 24.1 Å². The number of carbonyl (C=O) groups excluding carboxylic acids is 2. The van der Waals surface area contributed by atoms with Crippen molar-refractivity contribution in [3.63, 3.8) is 0 Å². The maximum absolute atomic E-state index is 12.4. The van der Waals surface area contributed by atoms with E-state index in [1.165, 1.54) is 4.52 Å². The number of ketones is 1. The second-order valence-electron chi connectivity index (χ2n) is 5.92. The summed E-state index contributed by atoms with van der Waals surface area (Å²) in [5.74, 6) is -0.865. The Morgan fingerprint density at radius 1 is 1.27 bits per heavy atom. The lowest BCUT2D eigenvalue weighted by Gasteiger charge is -2.06. The summed E-state index contributed by atoms with van der Waals surface area (Å²) in [6, 6.07) is 3.53. The number of hydrogen-bond acceptors (Lipinski definition) is 6. The molecular formula is C18H19N5O3. The fourth-order valence-corrected chi connectivity index (χ4v) is 2.76. The van der Waals surface area contributed by atoms with Crippen LogP contribution < -0.4 is 0 Å². The molecule has 0 amide bonds. The predicted octanol–water partition coefficient (Wildman–Crippen LogP) is 2.08. The van der Waals surface area contributed by atoms with Gasteiger partial charge in [0.25, 0.3) is 11.6 Å². The summed E-state index contributed by atoms with van der Waals surface area (Å²) >= 11 is 0. The molecule has 0 aromatic carbocycles. The van der Waals surface area contributed by atoms with Crippen LogP contribution in [0, 0.1) is 20.8 Å².